The molecule has 1 rings (SSSR count). The molecule has 0 aliphatic rings. The van der Waals surface area contributed by atoms with Crippen molar-refractivity contribution >= 4 is 37.8 Å². The maximum absolute atomic E-state index is 11.1. The number of hydrogen-bond donors (Lipinski definition) is 0. The Bertz CT molecular complexity index is 324. The van der Waals surface area contributed by atoms with Crippen LogP contribution >= 0.6 is 31.9 Å². The lowest BCUT2D eigenvalue weighted by atomic mass is 10.2. The van der Waals surface area contributed by atoms with E-state index < -0.39 is 0 Å². The first kappa shape index (κ1) is 11.7. The lowest BCUT2D eigenvalue weighted by Gasteiger charge is -2.06. The van der Waals surface area contributed by atoms with Crippen LogP contribution in [0.4, 0.5) is 0 Å². The summed E-state index contributed by atoms with van der Waals surface area (Å²) >= 11 is 6.49. The SMILES string of the molecule is C[C@H](Br)C(=O)OCc1cccc(Br)c1. The van der Waals surface area contributed by atoms with Gasteiger partial charge in [0.15, 0.2) is 0 Å². The van der Waals surface area contributed by atoms with Crippen LogP contribution in [0, 0.1) is 0 Å². The van der Waals surface area contributed by atoms with Crippen molar-refractivity contribution in [2.24, 2.45) is 0 Å². The van der Waals surface area contributed by atoms with Crippen LogP contribution in [0.1, 0.15) is 12.5 Å². The van der Waals surface area contributed by atoms with Gasteiger partial charge < -0.3 is 4.74 Å². The van der Waals surface area contributed by atoms with E-state index in [9.17, 15) is 4.79 Å². The molecule has 0 spiro atoms. The van der Waals surface area contributed by atoms with Crippen LogP contribution in [0.25, 0.3) is 0 Å². The van der Waals surface area contributed by atoms with Gasteiger partial charge in [0.05, 0.1) is 0 Å². The van der Waals surface area contributed by atoms with Crippen molar-refractivity contribution in [2.75, 3.05) is 0 Å². The third-order valence-electron chi connectivity index (χ3n) is 1.59. The molecule has 0 fully saturated rings. The van der Waals surface area contributed by atoms with Gasteiger partial charge in [-0.2, -0.15) is 0 Å². The average molecular weight is 322 g/mol. The summed E-state index contributed by atoms with van der Waals surface area (Å²) in [5, 5.41) is 0. The fraction of sp³-hybridized carbons (Fsp3) is 0.300. The predicted molar refractivity (Wildman–Crippen MR) is 62.3 cm³/mol. The van der Waals surface area contributed by atoms with E-state index in [2.05, 4.69) is 31.9 Å². The van der Waals surface area contributed by atoms with Crippen LogP contribution in [0.2, 0.25) is 0 Å². The van der Waals surface area contributed by atoms with Crippen molar-refractivity contribution < 1.29 is 9.53 Å². The minimum Gasteiger partial charge on any atom is -0.460 e. The Labute approximate surface area is 99.9 Å². The molecular weight excluding hydrogens is 312 g/mol. The summed E-state index contributed by atoms with van der Waals surface area (Å²) in [7, 11) is 0. The van der Waals surface area contributed by atoms with Crippen molar-refractivity contribution in [3.8, 4) is 0 Å². The van der Waals surface area contributed by atoms with Gasteiger partial charge in [-0.1, -0.05) is 44.0 Å². The second-order valence-electron chi connectivity index (χ2n) is 2.85. The normalized spacial score (nSPS) is 12.2. The van der Waals surface area contributed by atoms with Gasteiger partial charge in [0.25, 0.3) is 0 Å². The van der Waals surface area contributed by atoms with Crippen molar-refractivity contribution in [3.63, 3.8) is 0 Å². The van der Waals surface area contributed by atoms with Crippen molar-refractivity contribution in [3.05, 3.63) is 34.3 Å². The number of ether oxygens (including phenoxy) is 1. The highest BCUT2D eigenvalue weighted by Crippen LogP contribution is 2.13. The molecule has 1 atom stereocenters. The molecule has 0 saturated heterocycles. The zero-order valence-corrected chi connectivity index (χ0v) is 10.8. The Morgan fingerprint density at radius 1 is 1.57 bits per heavy atom. The van der Waals surface area contributed by atoms with Gasteiger partial charge in [-0.3, -0.25) is 4.79 Å². The van der Waals surface area contributed by atoms with E-state index in [1.807, 2.05) is 24.3 Å². The van der Waals surface area contributed by atoms with Gasteiger partial charge in [0.1, 0.15) is 11.4 Å². The Hall–Kier alpha value is -0.350. The number of halogens is 2. The first-order valence-corrected chi connectivity index (χ1v) is 5.85. The van der Waals surface area contributed by atoms with E-state index in [1.165, 1.54) is 0 Å². The number of hydrogen-bond acceptors (Lipinski definition) is 2. The first-order chi connectivity index (χ1) is 6.59. The van der Waals surface area contributed by atoms with E-state index in [4.69, 9.17) is 4.74 Å². The number of rotatable bonds is 3. The van der Waals surface area contributed by atoms with E-state index in [1.54, 1.807) is 6.92 Å². The van der Waals surface area contributed by atoms with Crippen molar-refractivity contribution in [2.45, 2.75) is 18.4 Å². The average Bonchev–Trinajstić information content (AvgIpc) is 2.14. The summed E-state index contributed by atoms with van der Waals surface area (Å²) in [5.41, 5.74) is 0.973. The molecule has 0 bridgehead atoms. The monoisotopic (exact) mass is 320 g/mol. The maximum atomic E-state index is 11.1. The zero-order chi connectivity index (χ0) is 10.6. The Balaban J connectivity index is 2.50. The highest BCUT2D eigenvalue weighted by Gasteiger charge is 2.09. The van der Waals surface area contributed by atoms with Crippen LogP contribution in [-0.2, 0) is 16.1 Å². The molecule has 0 heterocycles. The first-order valence-electron chi connectivity index (χ1n) is 4.15. The van der Waals surface area contributed by atoms with Crippen molar-refractivity contribution in [1.82, 2.24) is 0 Å². The summed E-state index contributed by atoms with van der Waals surface area (Å²) in [6.07, 6.45) is 0. The molecule has 0 saturated carbocycles. The van der Waals surface area contributed by atoms with E-state index in [0.29, 0.717) is 6.61 Å². The molecule has 0 aliphatic heterocycles. The molecule has 0 N–H and O–H groups in total. The number of carbonyl (C=O) groups is 1. The van der Waals surface area contributed by atoms with Crippen LogP contribution < -0.4 is 0 Å². The molecule has 2 nitrogen and oxygen atoms in total. The Morgan fingerprint density at radius 2 is 2.29 bits per heavy atom. The second-order valence-corrected chi connectivity index (χ2v) is 5.14. The summed E-state index contributed by atoms with van der Waals surface area (Å²) in [6.45, 7) is 2.05. The predicted octanol–water partition coefficient (Wildman–Crippen LogP) is 3.28. The molecule has 0 aliphatic carbocycles. The Morgan fingerprint density at radius 3 is 2.86 bits per heavy atom. The van der Waals surface area contributed by atoms with Crippen molar-refractivity contribution in [1.29, 1.82) is 0 Å². The van der Waals surface area contributed by atoms with Gasteiger partial charge in [0, 0.05) is 4.47 Å². The second kappa shape index (κ2) is 5.51. The summed E-state index contributed by atoms with van der Waals surface area (Å²) < 4.78 is 6.02. The Kier molecular flexibility index (Phi) is 4.62. The van der Waals surface area contributed by atoms with Gasteiger partial charge in [-0.05, 0) is 24.6 Å². The molecule has 1 aromatic carbocycles. The van der Waals surface area contributed by atoms with Gasteiger partial charge in [0.2, 0.25) is 0 Å². The standard InChI is InChI=1S/C10H10Br2O2/c1-7(11)10(13)14-6-8-3-2-4-9(12)5-8/h2-5,7H,6H2,1H3/t7-/m0/s1. The summed E-state index contributed by atoms with van der Waals surface area (Å²) in [4.78, 5) is 10.9. The fourth-order valence-electron chi connectivity index (χ4n) is 0.896. The molecule has 14 heavy (non-hydrogen) atoms. The third-order valence-corrected chi connectivity index (χ3v) is 2.46. The molecular formula is C10H10Br2O2. The smallest absolute Gasteiger partial charge is 0.319 e. The van der Waals surface area contributed by atoms with Gasteiger partial charge in [-0.15, -0.1) is 0 Å². The van der Waals surface area contributed by atoms with Crippen LogP contribution in [0.5, 0.6) is 0 Å². The zero-order valence-electron chi connectivity index (χ0n) is 7.67. The van der Waals surface area contributed by atoms with Crippen LogP contribution in [0.15, 0.2) is 28.7 Å². The fourth-order valence-corrected chi connectivity index (χ4v) is 1.47. The third kappa shape index (κ3) is 3.80. The minimum atomic E-state index is -0.255. The lowest BCUT2D eigenvalue weighted by Crippen LogP contribution is -2.13. The molecule has 0 unspecified atom stereocenters. The largest absolute Gasteiger partial charge is 0.460 e. The van der Waals surface area contributed by atoms with E-state index in [-0.39, 0.29) is 10.8 Å². The lowest BCUT2D eigenvalue weighted by molar-refractivity contribution is -0.143. The topological polar surface area (TPSA) is 26.3 Å². The highest BCUT2D eigenvalue weighted by molar-refractivity contribution is 9.10. The van der Waals surface area contributed by atoms with Crippen LogP contribution in [0.3, 0.4) is 0 Å². The number of alkyl halides is 1. The van der Waals surface area contributed by atoms with E-state index >= 15 is 0 Å². The molecule has 0 amide bonds. The molecule has 4 heteroatoms. The summed E-state index contributed by atoms with van der Waals surface area (Å²) in [6, 6.07) is 7.67. The highest BCUT2D eigenvalue weighted by atomic mass is 79.9. The number of carbonyl (C=O) groups excluding carboxylic acids is 1. The maximum Gasteiger partial charge on any atom is 0.319 e. The molecule has 0 aromatic heterocycles. The molecule has 1 aromatic rings. The number of benzene rings is 1. The van der Waals surface area contributed by atoms with Gasteiger partial charge in [-0.25, -0.2) is 0 Å². The molecule has 76 valence electrons. The minimum absolute atomic E-state index is 0.245. The van der Waals surface area contributed by atoms with E-state index in [0.717, 1.165) is 10.0 Å². The number of esters is 1. The van der Waals surface area contributed by atoms with Gasteiger partial charge >= 0.3 is 5.97 Å². The molecule has 0 radical (unpaired) electrons. The van der Waals surface area contributed by atoms with Crippen LogP contribution in [-0.4, -0.2) is 10.8 Å². The summed E-state index contributed by atoms with van der Waals surface area (Å²) in [5.74, 6) is -0.245. The quantitative estimate of drug-likeness (QED) is 0.631.